The second-order valence-electron chi connectivity index (χ2n) is 7.57. The van der Waals surface area contributed by atoms with Crippen LogP contribution in [0.5, 0.6) is 0 Å². The van der Waals surface area contributed by atoms with Gasteiger partial charge in [-0.2, -0.15) is 10.2 Å². The first-order chi connectivity index (χ1) is 14.6. The summed E-state index contributed by atoms with van der Waals surface area (Å²) in [4.78, 5) is 9.30. The van der Waals surface area contributed by atoms with Crippen LogP contribution in [0.3, 0.4) is 0 Å². The van der Waals surface area contributed by atoms with Gasteiger partial charge < -0.3 is 15.1 Å². The molecule has 0 aromatic heterocycles. The number of hydrogen-bond donors (Lipinski definition) is 1. The molecule has 0 saturated heterocycles. The van der Waals surface area contributed by atoms with E-state index in [1.807, 2.05) is 56.6 Å². The average molecular weight is 401 g/mol. The van der Waals surface area contributed by atoms with Gasteiger partial charge in [0.1, 0.15) is 0 Å². The van der Waals surface area contributed by atoms with E-state index in [2.05, 4.69) is 57.4 Å². The van der Waals surface area contributed by atoms with Crippen molar-refractivity contribution in [3.05, 3.63) is 66.4 Å². The molecule has 30 heavy (non-hydrogen) atoms. The van der Waals surface area contributed by atoms with Gasteiger partial charge >= 0.3 is 0 Å². The number of nitrogens with one attached hydrogen (secondary N) is 1. The number of azo groups is 1. The standard InChI is InChI=1S/C24H28N6/c1-5-30(6-2)20-12-14-22-24(16-20)26-23-15-18(9-13-21(23)25-22)28-27-17-7-10-19(11-8-17)29(3)4/h7-16,22,25H,5-6H2,1-4H3. The molecule has 0 fully saturated rings. The lowest BCUT2D eigenvalue weighted by molar-refractivity contribution is 0.394. The Labute approximate surface area is 178 Å². The predicted octanol–water partition coefficient (Wildman–Crippen LogP) is 5.83. The minimum Gasteiger partial charge on any atom is -0.378 e. The number of hydrogen-bond acceptors (Lipinski definition) is 6. The second-order valence-corrected chi connectivity index (χ2v) is 7.57. The first kappa shape index (κ1) is 19.9. The van der Waals surface area contributed by atoms with E-state index in [9.17, 15) is 0 Å². The lowest BCUT2D eigenvalue weighted by Gasteiger charge is -2.30. The highest BCUT2D eigenvalue weighted by atomic mass is 15.1. The van der Waals surface area contributed by atoms with E-state index in [-0.39, 0.29) is 6.04 Å². The van der Waals surface area contributed by atoms with Gasteiger partial charge in [0.2, 0.25) is 0 Å². The summed E-state index contributed by atoms with van der Waals surface area (Å²) < 4.78 is 0. The number of benzene rings is 2. The molecule has 6 nitrogen and oxygen atoms in total. The number of likely N-dealkylation sites (N-methyl/N-ethyl adjacent to an activating group) is 1. The molecule has 2 aromatic rings. The predicted molar refractivity (Wildman–Crippen MR) is 126 cm³/mol. The summed E-state index contributed by atoms with van der Waals surface area (Å²) in [6.07, 6.45) is 6.54. The van der Waals surface area contributed by atoms with Crippen molar-refractivity contribution in [3.8, 4) is 0 Å². The highest BCUT2D eigenvalue weighted by molar-refractivity contribution is 6.08. The molecular formula is C24H28N6. The van der Waals surface area contributed by atoms with Crippen molar-refractivity contribution in [2.75, 3.05) is 37.4 Å². The van der Waals surface area contributed by atoms with E-state index in [1.165, 1.54) is 5.70 Å². The minimum absolute atomic E-state index is 0.111. The highest BCUT2D eigenvalue weighted by Crippen LogP contribution is 2.35. The SMILES string of the molecule is CCN(CC)C1=CC2=Nc3cc(N=Nc4ccc(N(C)C)cc4)ccc3NC2C=C1. The number of rotatable bonds is 6. The van der Waals surface area contributed by atoms with Crippen LogP contribution in [-0.4, -0.2) is 43.8 Å². The van der Waals surface area contributed by atoms with Gasteiger partial charge in [0.05, 0.1) is 34.5 Å². The third-order valence-corrected chi connectivity index (χ3v) is 5.39. The molecule has 0 saturated carbocycles. The van der Waals surface area contributed by atoms with Gasteiger partial charge in [0.15, 0.2) is 0 Å². The number of anilines is 2. The molecule has 1 aliphatic heterocycles. The third-order valence-electron chi connectivity index (χ3n) is 5.39. The van der Waals surface area contributed by atoms with Gasteiger partial charge in [0, 0.05) is 38.6 Å². The monoisotopic (exact) mass is 400 g/mol. The quantitative estimate of drug-likeness (QED) is 0.621. The second kappa shape index (κ2) is 8.53. The molecule has 0 spiro atoms. The largest absolute Gasteiger partial charge is 0.378 e. The molecule has 6 heteroatoms. The summed E-state index contributed by atoms with van der Waals surface area (Å²) in [5, 5.41) is 12.3. The van der Waals surface area contributed by atoms with Crippen LogP contribution in [-0.2, 0) is 0 Å². The number of nitrogens with zero attached hydrogens (tertiary/aromatic N) is 5. The summed E-state index contributed by atoms with van der Waals surface area (Å²) in [7, 11) is 4.04. The van der Waals surface area contributed by atoms with Gasteiger partial charge in [-0.05, 0) is 68.5 Å². The summed E-state index contributed by atoms with van der Waals surface area (Å²) >= 11 is 0. The molecule has 0 radical (unpaired) electrons. The van der Waals surface area contributed by atoms with Crippen LogP contribution in [0.15, 0.2) is 81.6 Å². The molecule has 4 rings (SSSR count). The van der Waals surface area contributed by atoms with Gasteiger partial charge in [-0.1, -0.05) is 6.08 Å². The number of allylic oxidation sites excluding steroid dienone is 1. The molecule has 2 aliphatic rings. The first-order valence-electron chi connectivity index (χ1n) is 10.4. The molecule has 1 N–H and O–H groups in total. The van der Waals surface area contributed by atoms with E-state index >= 15 is 0 Å². The maximum Gasteiger partial charge on any atom is 0.0887 e. The molecule has 1 aliphatic carbocycles. The van der Waals surface area contributed by atoms with Crippen LogP contribution in [0.1, 0.15) is 13.8 Å². The Hall–Kier alpha value is -3.41. The van der Waals surface area contributed by atoms with E-state index in [0.717, 1.165) is 47.2 Å². The van der Waals surface area contributed by atoms with Gasteiger partial charge in [0.25, 0.3) is 0 Å². The smallest absolute Gasteiger partial charge is 0.0887 e. The van der Waals surface area contributed by atoms with Gasteiger partial charge in [-0.3, -0.25) is 0 Å². The Morgan fingerprint density at radius 3 is 2.37 bits per heavy atom. The Bertz CT molecular complexity index is 1030. The van der Waals surface area contributed by atoms with E-state index in [1.54, 1.807) is 0 Å². The zero-order chi connectivity index (χ0) is 21.1. The minimum atomic E-state index is 0.111. The van der Waals surface area contributed by atoms with Crippen LogP contribution in [0.2, 0.25) is 0 Å². The van der Waals surface area contributed by atoms with Crippen molar-refractivity contribution in [1.82, 2.24) is 4.90 Å². The van der Waals surface area contributed by atoms with Crippen molar-refractivity contribution >= 4 is 34.1 Å². The van der Waals surface area contributed by atoms with Crippen molar-refractivity contribution in [2.24, 2.45) is 15.2 Å². The van der Waals surface area contributed by atoms with Crippen LogP contribution in [0.25, 0.3) is 0 Å². The molecule has 154 valence electrons. The zero-order valence-corrected chi connectivity index (χ0v) is 18.0. The summed E-state index contributed by atoms with van der Waals surface area (Å²) in [6, 6.07) is 14.1. The lowest BCUT2D eigenvalue weighted by Crippen LogP contribution is -2.33. The van der Waals surface area contributed by atoms with Crippen LogP contribution in [0, 0.1) is 0 Å². The fraction of sp³-hybridized carbons (Fsp3) is 0.292. The third kappa shape index (κ3) is 4.13. The van der Waals surface area contributed by atoms with Gasteiger partial charge in [-0.15, -0.1) is 0 Å². The molecule has 0 amide bonds. The Morgan fingerprint density at radius 2 is 1.67 bits per heavy atom. The van der Waals surface area contributed by atoms with Crippen LogP contribution < -0.4 is 10.2 Å². The van der Waals surface area contributed by atoms with Gasteiger partial charge in [-0.25, -0.2) is 4.99 Å². The Morgan fingerprint density at radius 1 is 0.967 bits per heavy atom. The van der Waals surface area contributed by atoms with Crippen molar-refractivity contribution in [1.29, 1.82) is 0 Å². The Balaban J connectivity index is 1.56. The van der Waals surface area contributed by atoms with Crippen molar-refractivity contribution in [3.63, 3.8) is 0 Å². The maximum absolute atomic E-state index is 4.91. The topological polar surface area (TPSA) is 55.6 Å². The Kier molecular flexibility index (Phi) is 5.65. The molecule has 1 heterocycles. The molecular weight excluding hydrogens is 372 g/mol. The fourth-order valence-electron chi connectivity index (χ4n) is 3.63. The van der Waals surface area contributed by atoms with E-state index in [4.69, 9.17) is 4.99 Å². The zero-order valence-electron chi connectivity index (χ0n) is 18.0. The summed E-state index contributed by atoms with van der Waals surface area (Å²) in [5.74, 6) is 0. The first-order valence-corrected chi connectivity index (χ1v) is 10.4. The average Bonchev–Trinajstić information content (AvgIpc) is 2.77. The van der Waals surface area contributed by atoms with Crippen molar-refractivity contribution in [2.45, 2.75) is 19.9 Å². The maximum atomic E-state index is 4.91. The fourth-order valence-corrected chi connectivity index (χ4v) is 3.63. The lowest BCUT2D eigenvalue weighted by atomic mass is 10.0. The molecule has 0 bridgehead atoms. The molecule has 1 atom stereocenters. The van der Waals surface area contributed by atoms with E-state index in [0.29, 0.717) is 0 Å². The normalized spacial score (nSPS) is 17.0. The summed E-state index contributed by atoms with van der Waals surface area (Å²) in [5.41, 5.74) is 6.89. The van der Waals surface area contributed by atoms with Crippen LogP contribution in [0.4, 0.5) is 28.4 Å². The molecule has 1 unspecified atom stereocenters. The highest BCUT2D eigenvalue weighted by Gasteiger charge is 2.23. The number of aliphatic imine (C=N–C) groups is 1. The number of fused-ring (bicyclic) bond motifs is 2. The van der Waals surface area contributed by atoms with Crippen molar-refractivity contribution < 1.29 is 0 Å². The van der Waals surface area contributed by atoms with E-state index < -0.39 is 0 Å². The molecule has 2 aromatic carbocycles. The summed E-state index contributed by atoms with van der Waals surface area (Å²) in [6.45, 7) is 6.31. The van der Waals surface area contributed by atoms with Crippen LogP contribution >= 0.6 is 0 Å².